The quantitative estimate of drug-likeness (QED) is 0.767. The van der Waals surface area contributed by atoms with E-state index in [9.17, 15) is 4.79 Å². The Kier molecular flexibility index (Phi) is 5.77. The Morgan fingerprint density at radius 3 is 2.58 bits per heavy atom. The monoisotopic (exact) mass is 352 g/mol. The van der Waals surface area contributed by atoms with Crippen LogP contribution in [0, 0.1) is 26.7 Å². The van der Waals surface area contributed by atoms with E-state index in [4.69, 9.17) is 9.84 Å². The smallest absolute Gasteiger partial charge is 0.303 e. The highest BCUT2D eigenvalue weighted by molar-refractivity contribution is 5.66. The average Bonchev–Trinajstić information content (AvgIpc) is 2.63. The molecule has 0 amide bonds. The molecule has 0 bridgehead atoms. The lowest BCUT2D eigenvalue weighted by molar-refractivity contribution is -0.137. The molecule has 3 rings (SSSR count). The zero-order valence-corrected chi connectivity index (χ0v) is 15.9. The molecule has 0 radical (unpaired) electrons. The van der Waals surface area contributed by atoms with Crippen LogP contribution < -0.4 is 0 Å². The molecule has 138 valence electrons. The summed E-state index contributed by atoms with van der Waals surface area (Å²) in [5.74, 6) is -0.475. The van der Waals surface area contributed by atoms with Crippen molar-refractivity contribution in [3.63, 3.8) is 0 Å². The highest BCUT2D eigenvalue weighted by Crippen LogP contribution is 2.43. The number of aliphatic carboxylic acids is 1. The van der Waals surface area contributed by atoms with Gasteiger partial charge in [0, 0.05) is 6.42 Å². The number of benzene rings is 2. The number of carboxylic acid groups (broad SMARTS) is 1. The minimum atomic E-state index is -0.727. The lowest BCUT2D eigenvalue weighted by atomic mass is 9.75. The molecule has 0 aliphatic heterocycles. The van der Waals surface area contributed by atoms with Crippen LogP contribution in [-0.4, -0.2) is 11.1 Å². The molecule has 3 heteroatoms. The van der Waals surface area contributed by atoms with Gasteiger partial charge < -0.3 is 9.84 Å². The van der Waals surface area contributed by atoms with Gasteiger partial charge in [0.2, 0.25) is 0 Å². The van der Waals surface area contributed by atoms with E-state index in [1.165, 1.54) is 27.8 Å². The molecule has 0 heterocycles. The zero-order valence-electron chi connectivity index (χ0n) is 15.9. The van der Waals surface area contributed by atoms with Gasteiger partial charge in [-0.3, -0.25) is 4.79 Å². The van der Waals surface area contributed by atoms with E-state index in [-0.39, 0.29) is 18.4 Å². The number of hydrogen-bond donors (Lipinski definition) is 1. The molecule has 0 saturated carbocycles. The average molecular weight is 352 g/mol. The standard InChI is InChI=1S/C23H28O3/c1-15-13-16(2)20-11-9-19(10-12-21(24)25)23(22(20)17(15)3)26-14-18-7-5-4-6-8-18/h4-8,13,19,23H,9-12,14H2,1-3H3,(H,24,25). The first kappa shape index (κ1) is 18.7. The first-order valence-corrected chi connectivity index (χ1v) is 9.44. The van der Waals surface area contributed by atoms with E-state index >= 15 is 0 Å². The maximum atomic E-state index is 11.1. The molecule has 2 atom stereocenters. The SMILES string of the molecule is Cc1cc(C)c2c(c1C)C(OCc1ccccc1)C(CCC(=O)O)CC2. The summed E-state index contributed by atoms with van der Waals surface area (Å²) in [5, 5.41) is 9.14. The fourth-order valence-electron chi connectivity index (χ4n) is 4.19. The topological polar surface area (TPSA) is 46.5 Å². The Bertz CT molecular complexity index is 780. The van der Waals surface area contributed by atoms with Crippen LogP contribution in [0.5, 0.6) is 0 Å². The van der Waals surface area contributed by atoms with E-state index < -0.39 is 5.97 Å². The molecular weight excluding hydrogens is 324 g/mol. The lowest BCUT2D eigenvalue weighted by Gasteiger charge is -2.36. The number of hydrogen-bond acceptors (Lipinski definition) is 2. The van der Waals surface area contributed by atoms with E-state index in [0.29, 0.717) is 13.0 Å². The highest BCUT2D eigenvalue weighted by Gasteiger charge is 2.33. The summed E-state index contributed by atoms with van der Waals surface area (Å²) in [4.78, 5) is 11.1. The highest BCUT2D eigenvalue weighted by atomic mass is 16.5. The maximum absolute atomic E-state index is 11.1. The molecule has 1 aliphatic carbocycles. The lowest BCUT2D eigenvalue weighted by Crippen LogP contribution is -2.26. The van der Waals surface area contributed by atoms with Gasteiger partial charge in [0.1, 0.15) is 0 Å². The van der Waals surface area contributed by atoms with Crippen LogP contribution in [0.15, 0.2) is 36.4 Å². The summed E-state index contributed by atoms with van der Waals surface area (Å²) in [6.07, 6.45) is 2.84. The first-order valence-electron chi connectivity index (χ1n) is 9.44. The summed E-state index contributed by atoms with van der Waals surface area (Å²) in [6, 6.07) is 12.5. The Balaban J connectivity index is 1.92. The van der Waals surface area contributed by atoms with Gasteiger partial charge in [-0.05, 0) is 79.3 Å². The molecule has 1 N–H and O–H groups in total. The van der Waals surface area contributed by atoms with Gasteiger partial charge in [-0.1, -0.05) is 36.4 Å². The van der Waals surface area contributed by atoms with Crippen LogP contribution in [0.3, 0.4) is 0 Å². The number of rotatable bonds is 6. The summed E-state index contributed by atoms with van der Waals surface area (Å²) < 4.78 is 6.44. The molecular formula is C23H28O3. The maximum Gasteiger partial charge on any atom is 0.303 e. The van der Waals surface area contributed by atoms with Crippen molar-refractivity contribution in [1.29, 1.82) is 0 Å². The molecule has 3 nitrogen and oxygen atoms in total. The Hall–Kier alpha value is -2.13. The van der Waals surface area contributed by atoms with E-state index in [2.05, 4.69) is 39.0 Å². The van der Waals surface area contributed by atoms with E-state index in [1.54, 1.807) is 0 Å². The molecule has 2 aromatic rings. The van der Waals surface area contributed by atoms with Crippen molar-refractivity contribution in [2.45, 2.75) is 59.2 Å². The molecule has 1 aliphatic rings. The van der Waals surface area contributed by atoms with Gasteiger partial charge in [0.25, 0.3) is 0 Å². The largest absolute Gasteiger partial charge is 0.481 e. The predicted molar refractivity (Wildman–Crippen MR) is 103 cm³/mol. The second-order valence-electron chi connectivity index (χ2n) is 7.48. The summed E-state index contributed by atoms with van der Waals surface area (Å²) in [6.45, 7) is 7.06. The van der Waals surface area contributed by atoms with Gasteiger partial charge in [0.05, 0.1) is 12.7 Å². The molecule has 2 unspecified atom stereocenters. The fraction of sp³-hybridized carbons (Fsp3) is 0.435. The van der Waals surface area contributed by atoms with Crippen molar-refractivity contribution < 1.29 is 14.6 Å². The van der Waals surface area contributed by atoms with Crippen LogP contribution in [0.2, 0.25) is 0 Å². The van der Waals surface area contributed by atoms with Gasteiger partial charge in [-0.15, -0.1) is 0 Å². The first-order chi connectivity index (χ1) is 12.5. The molecule has 0 fully saturated rings. The van der Waals surface area contributed by atoms with Crippen molar-refractivity contribution >= 4 is 5.97 Å². The third-order valence-electron chi connectivity index (χ3n) is 5.71. The zero-order chi connectivity index (χ0) is 18.7. The summed E-state index contributed by atoms with van der Waals surface area (Å²) >= 11 is 0. The summed E-state index contributed by atoms with van der Waals surface area (Å²) in [7, 11) is 0. The number of carboxylic acids is 1. The third kappa shape index (κ3) is 3.99. The van der Waals surface area contributed by atoms with Crippen LogP contribution in [0.1, 0.15) is 58.7 Å². The number of fused-ring (bicyclic) bond motifs is 1. The molecule has 2 aromatic carbocycles. The van der Waals surface area contributed by atoms with Crippen molar-refractivity contribution in [3.8, 4) is 0 Å². The number of carbonyl (C=O) groups is 1. The number of aryl methyl sites for hydroxylation is 2. The van der Waals surface area contributed by atoms with Crippen LogP contribution >= 0.6 is 0 Å². The van der Waals surface area contributed by atoms with Crippen molar-refractivity contribution in [2.24, 2.45) is 5.92 Å². The Labute approximate surface area is 156 Å². The van der Waals surface area contributed by atoms with Crippen molar-refractivity contribution in [1.82, 2.24) is 0 Å². The molecule has 0 saturated heterocycles. The van der Waals surface area contributed by atoms with Crippen LogP contribution in [-0.2, 0) is 22.6 Å². The van der Waals surface area contributed by atoms with E-state index in [0.717, 1.165) is 18.4 Å². The van der Waals surface area contributed by atoms with Crippen molar-refractivity contribution in [3.05, 3.63) is 69.8 Å². The normalized spacial score (nSPS) is 19.2. The van der Waals surface area contributed by atoms with Gasteiger partial charge in [-0.25, -0.2) is 0 Å². The minimum Gasteiger partial charge on any atom is -0.481 e. The van der Waals surface area contributed by atoms with Crippen LogP contribution in [0.25, 0.3) is 0 Å². The van der Waals surface area contributed by atoms with Crippen molar-refractivity contribution in [2.75, 3.05) is 0 Å². The van der Waals surface area contributed by atoms with Gasteiger partial charge in [0.15, 0.2) is 0 Å². The molecule has 0 spiro atoms. The van der Waals surface area contributed by atoms with Gasteiger partial charge in [-0.2, -0.15) is 0 Å². The van der Waals surface area contributed by atoms with Gasteiger partial charge >= 0.3 is 5.97 Å². The predicted octanol–water partition coefficient (Wildman–Crippen LogP) is 5.30. The summed E-state index contributed by atoms with van der Waals surface area (Å²) in [5.41, 5.74) is 7.77. The Morgan fingerprint density at radius 2 is 1.88 bits per heavy atom. The molecule has 26 heavy (non-hydrogen) atoms. The van der Waals surface area contributed by atoms with Crippen LogP contribution in [0.4, 0.5) is 0 Å². The fourth-order valence-corrected chi connectivity index (χ4v) is 4.19. The minimum absolute atomic E-state index is 0.0306. The van der Waals surface area contributed by atoms with E-state index in [1.807, 2.05) is 18.2 Å². The second-order valence-corrected chi connectivity index (χ2v) is 7.48. The third-order valence-corrected chi connectivity index (χ3v) is 5.71. The Morgan fingerprint density at radius 1 is 1.15 bits per heavy atom. The molecule has 0 aromatic heterocycles. The number of ether oxygens (including phenoxy) is 1. The second kappa shape index (κ2) is 8.05.